The van der Waals surface area contributed by atoms with Crippen LogP contribution in [0.5, 0.6) is 5.75 Å². The number of ketones is 1. The van der Waals surface area contributed by atoms with Crippen LogP contribution in [0.4, 0.5) is 0 Å². The number of ether oxygens (including phenoxy) is 1. The topological polar surface area (TPSA) is 41.6 Å². The lowest BCUT2D eigenvalue weighted by atomic mass is 10.1. The van der Waals surface area contributed by atoms with Crippen molar-refractivity contribution in [2.24, 2.45) is 0 Å². The lowest BCUT2D eigenvalue weighted by Crippen LogP contribution is -2.27. The van der Waals surface area contributed by atoms with Crippen LogP contribution in [0.25, 0.3) is 0 Å². The van der Waals surface area contributed by atoms with Gasteiger partial charge in [-0.1, -0.05) is 12.1 Å². The molecule has 1 N–H and O–H groups in total. The average molecular weight is 232 g/mol. The van der Waals surface area contributed by atoms with Gasteiger partial charge < -0.3 is 15.0 Å². The molecule has 2 rings (SSSR count). The first-order valence-corrected chi connectivity index (χ1v) is 5.70. The zero-order valence-corrected chi connectivity index (χ0v) is 9.85. The van der Waals surface area contributed by atoms with Gasteiger partial charge in [0.2, 0.25) is 0 Å². The SMILES string of the molecule is CCOc1cccc(C(=O)CN2C=CNC2)c1. The van der Waals surface area contributed by atoms with Crippen LogP contribution in [0.1, 0.15) is 17.3 Å². The molecule has 1 aliphatic heterocycles. The number of carbonyl (C=O) groups excluding carboxylic acids is 1. The van der Waals surface area contributed by atoms with Gasteiger partial charge in [-0.2, -0.15) is 0 Å². The van der Waals surface area contributed by atoms with Crippen molar-refractivity contribution in [3.8, 4) is 5.75 Å². The highest BCUT2D eigenvalue weighted by Gasteiger charge is 2.12. The number of hydrogen-bond acceptors (Lipinski definition) is 4. The highest BCUT2D eigenvalue weighted by Crippen LogP contribution is 2.14. The Hall–Kier alpha value is -1.97. The Morgan fingerprint density at radius 1 is 1.53 bits per heavy atom. The third-order valence-corrected chi connectivity index (χ3v) is 2.51. The van der Waals surface area contributed by atoms with Gasteiger partial charge in [0, 0.05) is 18.0 Å². The summed E-state index contributed by atoms with van der Waals surface area (Å²) in [4.78, 5) is 13.9. The molecule has 0 bridgehead atoms. The maximum atomic E-state index is 12.0. The molecule has 0 unspecified atom stereocenters. The van der Waals surface area contributed by atoms with E-state index in [9.17, 15) is 4.79 Å². The summed E-state index contributed by atoms with van der Waals surface area (Å²) in [6.07, 6.45) is 3.72. The minimum atomic E-state index is 0.0971. The predicted molar refractivity (Wildman–Crippen MR) is 65.8 cm³/mol. The molecule has 0 saturated heterocycles. The van der Waals surface area contributed by atoms with Crippen LogP contribution in [0.15, 0.2) is 36.7 Å². The average Bonchev–Trinajstić information content (AvgIpc) is 2.83. The quantitative estimate of drug-likeness (QED) is 0.783. The lowest BCUT2D eigenvalue weighted by molar-refractivity contribution is 0.0957. The van der Waals surface area contributed by atoms with E-state index in [0.29, 0.717) is 25.4 Å². The molecule has 1 aromatic rings. The molecule has 4 nitrogen and oxygen atoms in total. The van der Waals surface area contributed by atoms with Crippen LogP contribution >= 0.6 is 0 Å². The maximum Gasteiger partial charge on any atom is 0.182 e. The first-order chi connectivity index (χ1) is 8.29. The normalized spacial score (nSPS) is 13.6. The van der Waals surface area contributed by atoms with Gasteiger partial charge in [-0.15, -0.1) is 0 Å². The monoisotopic (exact) mass is 232 g/mol. The Kier molecular flexibility index (Phi) is 3.65. The first-order valence-electron chi connectivity index (χ1n) is 5.70. The van der Waals surface area contributed by atoms with Crippen LogP contribution in [0, 0.1) is 0 Å². The van der Waals surface area contributed by atoms with Crippen molar-refractivity contribution in [1.82, 2.24) is 10.2 Å². The standard InChI is InChI=1S/C13H16N2O2/c1-2-17-12-5-3-4-11(8-12)13(16)9-15-7-6-14-10-15/h3-8,14H,2,9-10H2,1H3. The highest BCUT2D eigenvalue weighted by atomic mass is 16.5. The Morgan fingerprint density at radius 2 is 2.41 bits per heavy atom. The first kappa shape index (κ1) is 11.5. The fourth-order valence-electron chi connectivity index (χ4n) is 1.69. The second-order valence-electron chi connectivity index (χ2n) is 3.81. The van der Waals surface area contributed by atoms with Gasteiger partial charge in [-0.3, -0.25) is 4.79 Å². The molecule has 17 heavy (non-hydrogen) atoms. The summed E-state index contributed by atoms with van der Waals surface area (Å²) < 4.78 is 5.37. The summed E-state index contributed by atoms with van der Waals surface area (Å²) in [5.41, 5.74) is 0.691. The molecule has 0 saturated carbocycles. The van der Waals surface area contributed by atoms with E-state index in [2.05, 4.69) is 5.32 Å². The van der Waals surface area contributed by atoms with E-state index in [4.69, 9.17) is 4.74 Å². The van der Waals surface area contributed by atoms with Gasteiger partial charge in [0.15, 0.2) is 5.78 Å². The molecular weight excluding hydrogens is 216 g/mol. The Balaban J connectivity index is 2.02. The molecule has 1 aromatic carbocycles. The van der Waals surface area contributed by atoms with Gasteiger partial charge in [-0.25, -0.2) is 0 Å². The van der Waals surface area contributed by atoms with E-state index in [0.717, 1.165) is 5.75 Å². The van der Waals surface area contributed by atoms with E-state index in [-0.39, 0.29) is 5.78 Å². The van der Waals surface area contributed by atoms with Crippen LogP contribution in [-0.4, -0.2) is 30.5 Å². The number of nitrogens with zero attached hydrogens (tertiary/aromatic N) is 1. The Morgan fingerprint density at radius 3 is 3.12 bits per heavy atom. The smallest absolute Gasteiger partial charge is 0.182 e. The van der Waals surface area contributed by atoms with Crippen LogP contribution in [-0.2, 0) is 0 Å². The number of Topliss-reactive ketones (excluding diaryl/α,β-unsaturated/α-hetero) is 1. The number of rotatable bonds is 5. The van der Waals surface area contributed by atoms with E-state index >= 15 is 0 Å². The molecule has 1 aliphatic rings. The van der Waals surface area contributed by atoms with Gasteiger partial charge in [0.1, 0.15) is 5.75 Å². The number of carbonyl (C=O) groups is 1. The molecule has 0 atom stereocenters. The summed E-state index contributed by atoms with van der Waals surface area (Å²) in [5, 5.41) is 3.03. The molecule has 0 aliphatic carbocycles. The number of nitrogens with one attached hydrogen (secondary N) is 1. The van der Waals surface area contributed by atoms with Crippen LogP contribution in [0.2, 0.25) is 0 Å². The van der Waals surface area contributed by atoms with E-state index < -0.39 is 0 Å². The van der Waals surface area contributed by atoms with Crippen LogP contribution < -0.4 is 10.1 Å². The van der Waals surface area contributed by atoms with Gasteiger partial charge >= 0.3 is 0 Å². The molecule has 1 heterocycles. The minimum absolute atomic E-state index is 0.0971. The predicted octanol–water partition coefficient (Wildman–Crippen LogP) is 1.60. The zero-order chi connectivity index (χ0) is 12.1. The second-order valence-corrected chi connectivity index (χ2v) is 3.81. The summed E-state index contributed by atoms with van der Waals surface area (Å²) in [6.45, 7) is 3.61. The van der Waals surface area contributed by atoms with E-state index in [1.807, 2.05) is 42.4 Å². The van der Waals surface area contributed by atoms with Crippen LogP contribution in [0.3, 0.4) is 0 Å². The largest absolute Gasteiger partial charge is 0.494 e. The lowest BCUT2D eigenvalue weighted by Gasteiger charge is -2.13. The number of hydrogen-bond donors (Lipinski definition) is 1. The molecule has 4 heteroatoms. The molecule has 0 radical (unpaired) electrons. The van der Waals surface area contributed by atoms with Gasteiger partial charge in [0.25, 0.3) is 0 Å². The summed E-state index contributed by atoms with van der Waals surface area (Å²) in [7, 11) is 0. The van der Waals surface area contributed by atoms with Crippen molar-refractivity contribution in [3.05, 3.63) is 42.2 Å². The fourth-order valence-corrected chi connectivity index (χ4v) is 1.69. The minimum Gasteiger partial charge on any atom is -0.494 e. The van der Waals surface area contributed by atoms with Crippen molar-refractivity contribution >= 4 is 5.78 Å². The molecule has 0 aromatic heterocycles. The summed E-state index contributed by atoms with van der Waals surface area (Å²) >= 11 is 0. The van der Waals surface area contributed by atoms with Crippen molar-refractivity contribution < 1.29 is 9.53 Å². The second kappa shape index (κ2) is 5.39. The Labute approximate surface area is 101 Å². The van der Waals surface area contributed by atoms with E-state index in [1.54, 1.807) is 6.07 Å². The van der Waals surface area contributed by atoms with Gasteiger partial charge in [0.05, 0.1) is 19.8 Å². The van der Waals surface area contributed by atoms with Crippen molar-refractivity contribution in [3.63, 3.8) is 0 Å². The zero-order valence-electron chi connectivity index (χ0n) is 9.85. The van der Waals surface area contributed by atoms with Gasteiger partial charge in [-0.05, 0) is 19.1 Å². The van der Waals surface area contributed by atoms with Crippen molar-refractivity contribution in [2.45, 2.75) is 6.92 Å². The highest BCUT2D eigenvalue weighted by molar-refractivity contribution is 5.98. The fraction of sp³-hybridized carbons (Fsp3) is 0.308. The van der Waals surface area contributed by atoms with Crippen molar-refractivity contribution in [2.75, 3.05) is 19.8 Å². The molecular formula is C13H16N2O2. The maximum absolute atomic E-state index is 12.0. The molecule has 0 spiro atoms. The van der Waals surface area contributed by atoms with Crippen molar-refractivity contribution in [1.29, 1.82) is 0 Å². The summed E-state index contributed by atoms with van der Waals surface area (Å²) in [6, 6.07) is 7.31. The number of benzene rings is 1. The molecule has 90 valence electrons. The Bertz CT molecular complexity index is 429. The molecule has 0 fully saturated rings. The molecule has 0 amide bonds. The summed E-state index contributed by atoms with van der Waals surface area (Å²) in [5.74, 6) is 0.841. The van der Waals surface area contributed by atoms with E-state index in [1.165, 1.54) is 0 Å². The third-order valence-electron chi connectivity index (χ3n) is 2.51. The third kappa shape index (κ3) is 3.00.